The second-order valence-electron chi connectivity index (χ2n) is 5.68. The number of rotatable bonds is 7. The van der Waals surface area contributed by atoms with Crippen LogP contribution in [0.4, 0.5) is 5.69 Å². The van der Waals surface area contributed by atoms with Gasteiger partial charge in [0, 0.05) is 5.69 Å². The van der Waals surface area contributed by atoms with Crippen molar-refractivity contribution in [3.05, 3.63) is 54.1 Å². The molecule has 2 aromatic carbocycles. The molecule has 0 saturated heterocycles. The lowest BCUT2D eigenvalue weighted by atomic mass is 9.78. The quantitative estimate of drug-likeness (QED) is 0.720. The lowest BCUT2D eigenvalue weighted by Crippen LogP contribution is -2.19. The molecule has 22 heavy (non-hydrogen) atoms. The zero-order chi connectivity index (χ0) is 16.0. The smallest absolute Gasteiger partial charge is 0.211 e. The number of hydrogen-bond donors (Lipinski definition) is 1. The molecule has 0 spiro atoms. The first-order chi connectivity index (χ1) is 10.6. The molecule has 2 rings (SSSR count). The lowest BCUT2D eigenvalue weighted by molar-refractivity contribution is -0.105. The van der Waals surface area contributed by atoms with Crippen molar-refractivity contribution in [2.75, 3.05) is 5.32 Å². The Morgan fingerprint density at radius 2 is 1.45 bits per heavy atom. The molecular weight excluding hydrogens is 274 g/mol. The number of carbonyl (C=O) groups excluding carboxylic acids is 1. The van der Waals surface area contributed by atoms with E-state index in [2.05, 4.69) is 38.2 Å². The van der Waals surface area contributed by atoms with E-state index in [-0.39, 0.29) is 5.41 Å². The number of hydrogen-bond acceptors (Lipinski definition) is 2. The molecule has 0 aliphatic rings. The van der Waals surface area contributed by atoms with Crippen LogP contribution in [0.3, 0.4) is 0 Å². The fourth-order valence-corrected chi connectivity index (χ4v) is 2.41. The molecule has 0 saturated carbocycles. The van der Waals surface area contributed by atoms with E-state index in [0.29, 0.717) is 6.41 Å². The van der Waals surface area contributed by atoms with Crippen LogP contribution in [0.25, 0.3) is 0 Å². The van der Waals surface area contributed by atoms with Gasteiger partial charge in [-0.2, -0.15) is 0 Å². The summed E-state index contributed by atoms with van der Waals surface area (Å²) in [5.41, 5.74) is 2.32. The van der Waals surface area contributed by atoms with E-state index < -0.39 is 0 Å². The molecule has 0 radical (unpaired) electrons. The Labute approximate surface area is 132 Å². The number of anilines is 1. The Morgan fingerprint density at radius 1 is 0.955 bits per heavy atom. The molecule has 0 unspecified atom stereocenters. The first kappa shape index (κ1) is 16.1. The third-order valence-corrected chi connectivity index (χ3v) is 4.43. The highest BCUT2D eigenvalue weighted by Crippen LogP contribution is 2.32. The van der Waals surface area contributed by atoms with Crippen molar-refractivity contribution in [1.82, 2.24) is 0 Å². The summed E-state index contributed by atoms with van der Waals surface area (Å²) in [5.74, 6) is 1.56. The Balaban J connectivity index is 2.09. The minimum Gasteiger partial charge on any atom is -0.457 e. The van der Waals surface area contributed by atoms with Crippen molar-refractivity contribution >= 4 is 12.1 Å². The van der Waals surface area contributed by atoms with Crippen LogP contribution in [0.2, 0.25) is 0 Å². The average molecular weight is 297 g/mol. The Kier molecular flexibility index (Phi) is 5.21. The van der Waals surface area contributed by atoms with Crippen LogP contribution >= 0.6 is 0 Å². The van der Waals surface area contributed by atoms with Crippen molar-refractivity contribution in [1.29, 1.82) is 0 Å². The van der Waals surface area contributed by atoms with E-state index in [1.165, 1.54) is 5.56 Å². The molecule has 0 fully saturated rings. The van der Waals surface area contributed by atoms with Gasteiger partial charge in [-0.05, 0) is 60.2 Å². The zero-order valence-electron chi connectivity index (χ0n) is 13.4. The topological polar surface area (TPSA) is 38.3 Å². The Bertz CT molecular complexity index is 598. The third-order valence-electron chi connectivity index (χ3n) is 4.43. The lowest BCUT2D eigenvalue weighted by Gasteiger charge is -2.27. The summed E-state index contributed by atoms with van der Waals surface area (Å²) in [5, 5.41) is 2.60. The highest BCUT2D eigenvalue weighted by molar-refractivity contribution is 5.71. The maximum Gasteiger partial charge on any atom is 0.211 e. The molecule has 2 aromatic rings. The molecule has 0 bridgehead atoms. The SMILES string of the molecule is CCC(C)(CC)c1ccc(Oc2ccc(NC=O)cc2)cc1. The fraction of sp³-hybridized carbons (Fsp3) is 0.316. The molecule has 1 amide bonds. The first-order valence-corrected chi connectivity index (χ1v) is 7.70. The summed E-state index contributed by atoms with van der Waals surface area (Å²) in [6.07, 6.45) is 2.90. The molecule has 0 aromatic heterocycles. The molecule has 0 heterocycles. The monoisotopic (exact) mass is 297 g/mol. The third kappa shape index (κ3) is 3.67. The largest absolute Gasteiger partial charge is 0.457 e. The standard InChI is InChI=1S/C19H23NO2/c1-4-19(3,5-2)15-6-10-17(11-7-15)22-18-12-8-16(9-13-18)20-14-21/h6-14H,4-5H2,1-3H3,(H,20,21). The van der Waals surface area contributed by atoms with Crippen LogP contribution in [-0.2, 0) is 10.2 Å². The van der Waals surface area contributed by atoms with Gasteiger partial charge in [0.05, 0.1) is 0 Å². The van der Waals surface area contributed by atoms with Gasteiger partial charge >= 0.3 is 0 Å². The van der Waals surface area contributed by atoms with E-state index >= 15 is 0 Å². The van der Waals surface area contributed by atoms with E-state index in [1.54, 1.807) is 0 Å². The predicted molar refractivity (Wildman–Crippen MR) is 90.6 cm³/mol. The molecule has 0 atom stereocenters. The predicted octanol–water partition coefficient (Wildman–Crippen LogP) is 5.12. The van der Waals surface area contributed by atoms with Crippen LogP contribution in [0.5, 0.6) is 11.5 Å². The van der Waals surface area contributed by atoms with Gasteiger partial charge in [-0.15, -0.1) is 0 Å². The van der Waals surface area contributed by atoms with Crippen LogP contribution in [0.1, 0.15) is 39.2 Å². The first-order valence-electron chi connectivity index (χ1n) is 7.70. The maximum absolute atomic E-state index is 10.4. The van der Waals surface area contributed by atoms with Crippen LogP contribution in [0, 0.1) is 0 Å². The minimum atomic E-state index is 0.223. The number of ether oxygens (including phenoxy) is 1. The average Bonchev–Trinajstić information content (AvgIpc) is 2.57. The van der Waals surface area contributed by atoms with Crippen molar-refractivity contribution in [2.45, 2.75) is 39.0 Å². The summed E-state index contributed by atoms with van der Waals surface area (Å²) in [6.45, 7) is 6.74. The van der Waals surface area contributed by atoms with E-state index in [0.717, 1.165) is 30.0 Å². The van der Waals surface area contributed by atoms with Gasteiger partial charge in [0.1, 0.15) is 11.5 Å². The number of carbonyl (C=O) groups is 1. The van der Waals surface area contributed by atoms with Gasteiger partial charge in [0.25, 0.3) is 0 Å². The van der Waals surface area contributed by atoms with Crippen LogP contribution in [0.15, 0.2) is 48.5 Å². The van der Waals surface area contributed by atoms with E-state index in [9.17, 15) is 4.79 Å². The van der Waals surface area contributed by atoms with Gasteiger partial charge in [-0.1, -0.05) is 32.9 Å². The highest BCUT2D eigenvalue weighted by atomic mass is 16.5. The van der Waals surface area contributed by atoms with E-state index in [4.69, 9.17) is 4.74 Å². The van der Waals surface area contributed by atoms with Gasteiger partial charge in [0.15, 0.2) is 0 Å². The maximum atomic E-state index is 10.4. The minimum absolute atomic E-state index is 0.223. The summed E-state index contributed by atoms with van der Waals surface area (Å²) in [7, 11) is 0. The fourth-order valence-electron chi connectivity index (χ4n) is 2.41. The van der Waals surface area contributed by atoms with Crippen molar-refractivity contribution in [2.24, 2.45) is 0 Å². The molecule has 1 N–H and O–H groups in total. The number of nitrogens with one attached hydrogen (secondary N) is 1. The Hall–Kier alpha value is -2.29. The number of amides is 1. The van der Waals surface area contributed by atoms with Crippen LogP contribution in [-0.4, -0.2) is 6.41 Å². The molecule has 3 nitrogen and oxygen atoms in total. The van der Waals surface area contributed by atoms with Gasteiger partial charge in [-0.25, -0.2) is 0 Å². The molecule has 0 aliphatic carbocycles. The van der Waals surface area contributed by atoms with E-state index in [1.807, 2.05) is 36.4 Å². The molecule has 3 heteroatoms. The molecule has 0 aliphatic heterocycles. The molecular formula is C19H23NO2. The Morgan fingerprint density at radius 3 is 1.91 bits per heavy atom. The van der Waals surface area contributed by atoms with Crippen molar-refractivity contribution < 1.29 is 9.53 Å². The van der Waals surface area contributed by atoms with Crippen molar-refractivity contribution in [3.63, 3.8) is 0 Å². The second kappa shape index (κ2) is 7.12. The second-order valence-corrected chi connectivity index (χ2v) is 5.68. The summed E-state index contributed by atoms with van der Waals surface area (Å²) in [4.78, 5) is 10.4. The van der Waals surface area contributed by atoms with Gasteiger partial charge < -0.3 is 10.1 Å². The van der Waals surface area contributed by atoms with Crippen molar-refractivity contribution in [3.8, 4) is 11.5 Å². The summed E-state index contributed by atoms with van der Waals surface area (Å²) in [6, 6.07) is 15.6. The van der Waals surface area contributed by atoms with Crippen LogP contribution < -0.4 is 10.1 Å². The van der Waals surface area contributed by atoms with Gasteiger partial charge in [0.2, 0.25) is 6.41 Å². The number of benzene rings is 2. The highest BCUT2D eigenvalue weighted by Gasteiger charge is 2.21. The summed E-state index contributed by atoms with van der Waals surface area (Å²) >= 11 is 0. The van der Waals surface area contributed by atoms with Gasteiger partial charge in [-0.3, -0.25) is 4.79 Å². The summed E-state index contributed by atoms with van der Waals surface area (Å²) < 4.78 is 5.83. The normalized spacial score (nSPS) is 11.0. The zero-order valence-corrected chi connectivity index (χ0v) is 13.4. The molecule has 116 valence electrons.